The van der Waals surface area contributed by atoms with Crippen LogP contribution < -0.4 is 10.3 Å². The second-order valence-corrected chi connectivity index (χ2v) is 2.77. The average Bonchev–Trinajstić information content (AvgIpc) is 1.94. The number of hydrogen-bond acceptors (Lipinski definition) is 3. The molecule has 0 fully saturated rings. The lowest BCUT2D eigenvalue weighted by atomic mass is 10.2. The summed E-state index contributed by atoms with van der Waals surface area (Å²) in [5.41, 5.74) is -3.93. The van der Waals surface area contributed by atoms with Crippen molar-refractivity contribution in [2.24, 2.45) is 0 Å². The van der Waals surface area contributed by atoms with Crippen LogP contribution in [-0.4, -0.2) is 16.5 Å². The Morgan fingerprint density at radius 1 is 1.18 bits per heavy atom. The Morgan fingerprint density at radius 3 is 2.06 bits per heavy atom. The number of ether oxygens (including phenoxy) is 1. The molecule has 0 amide bonds. The zero-order chi connectivity index (χ0) is 13.4. The largest absolute Gasteiger partial charge is 0.574 e. The maximum absolute atomic E-state index is 12.1. The topological polar surface area (TPSA) is 62.3 Å². The SMILES string of the molecule is O=c1[nH]c(OC(F)(F)F)cc(O)c1C(F)(F)F. The molecule has 0 spiro atoms. The molecule has 0 saturated carbocycles. The highest BCUT2D eigenvalue weighted by Gasteiger charge is 2.39. The summed E-state index contributed by atoms with van der Waals surface area (Å²) in [6.07, 6.45) is -10.4. The Kier molecular flexibility index (Phi) is 2.99. The molecular weight excluding hydrogens is 260 g/mol. The van der Waals surface area contributed by atoms with Crippen LogP contribution in [0.4, 0.5) is 26.3 Å². The molecule has 0 aromatic carbocycles. The van der Waals surface area contributed by atoms with E-state index in [9.17, 15) is 31.1 Å². The highest BCUT2D eigenvalue weighted by molar-refractivity contribution is 5.36. The van der Waals surface area contributed by atoms with Crippen LogP contribution in [0.1, 0.15) is 5.56 Å². The molecule has 17 heavy (non-hydrogen) atoms. The van der Waals surface area contributed by atoms with Gasteiger partial charge in [-0.05, 0) is 0 Å². The fourth-order valence-electron chi connectivity index (χ4n) is 0.977. The van der Waals surface area contributed by atoms with Crippen LogP contribution in [0.25, 0.3) is 0 Å². The van der Waals surface area contributed by atoms with Crippen molar-refractivity contribution in [1.82, 2.24) is 4.98 Å². The Bertz CT molecular complexity index is 474. The second kappa shape index (κ2) is 3.86. The molecule has 10 heteroatoms. The molecule has 1 aromatic heterocycles. The molecule has 1 aromatic rings. The summed E-state index contributed by atoms with van der Waals surface area (Å²) in [4.78, 5) is 12.0. The van der Waals surface area contributed by atoms with Gasteiger partial charge in [0.15, 0.2) is 5.56 Å². The Hall–Kier alpha value is -1.87. The van der Waals surface area contributed by atoms with Crippen molar-refractivity contribution in [2.45, 2.75) is 12.5 Å². The number of aromatic hydroxyl groups is 1. The highest BCUT2D eigenvalue weighted by atomic mass is 19.4. The first-order chi connectivity index (χ1) is 7.50. The van der Waals surface area contributed by atoms with Crippen molar-refractivity contribution in [1.29, 1.82) is 0 Å². The van der Waals surface area contributed by atoms with Gasteiger partial charge < -0.3 is 9.84 Å². The predicted molar refractivity (Wildman–Crippen MR) is 40.4 cm³/mol. The van der Waals surface area contributed by atoms with Gasteiger partial charge in [-0.25, -0.2) is 0 Å². The van der Waals surface area contributed by atoms with Crippen molar-refractivity contribution in [3.05, 3.63) is 22.0 Å². The lowest BCUT2D eigenvalue weighted by molar-refractivity contribution is -0.276. The summed E-state index contributed by atoms with van der Waals surface area (Å²) in [7, 11) is 0. The van der Waals surface area contributed by atoms with Crippen LogP contribution in [0.15, 0.2) is 10.9 Å². The van der Waals surface area contributed by atoms with E-state index in [4.69, 9.17) is 5.11 Å². The highest BCUT2D eigenvalue weighted by Crippen LogP contribution is 2.34. The van der Waals surface area contributed by atoms with Crippen molar-refractivity contribution in [3.63, 3.8) is 0 Å². The summed E-state index contributed by atoms with van der Waals surface area (Å²) < 4.78 is 74.6. The number of rotatable bonds is 1. The maximum atomic E-state index is 12.1. The van der Waals surface area contributed by atoms with Crippen LogP contribution in [0.2, 0.25) is 0 Å². The summed E-state index contributed by atoms with van der Waals surface area (Å²) in [5.74, 6) is -2.99. The average molecular weight is 263 g/mol. The zero-order valence-electron chi connectivity index (χ0n) is 7.61. The van der Waals surface area contributed by atoms with Gasteiger partial charge in [-0.3, -0.25) is 9.78 Å². The van der Waals surface area contributed by atoms with Gasteiger partial charge in [0.25, 0.3) is 5.56 Å². The van der Waals surface area contributed by atoms with Crippen LogP contribution in [0.5, 0.6) is 11.6 Å². The summed E-state index contributed by atoms with van der Waals surface area (Å²) >= 11 is 0. The van der Waals surface area contributed by atoms with Gasteiger partial charge in [-0.2, -0.15) is 13.2 Å². The molecule has 1 rings (SSSR count). The molecule has 0 aliphatic rings. The third-order valence-electron chi connectivity index (χ3n) is 1.50. The van der Waals surface area contributed by atoms with Crippen molar-refractivity contribution >= 4 is 0 Å². The van der Waals surface area contributed by atoms with Gasteiger partial charge in [0, 0.05) is 6.07 Å². The first-order valence-electron chi connectivity index (χ1n) is 3.80. The first kappa shape index (κ1) is 13.2. The summed E-state index contributed by atoms with van der Waals surface area (Å²) in [5, 5.41) is 8.82. The number of halogens is 6. The number of hydrogen-bond donors (Lipinski definition) is 2. The van der Waals surface area contributed by atoms with E-state index in [1.54, 1.807) is 0 Å². The Morgan fingerprint density at radius 2 is 1.71 bits per heavy atom. The molecule has 0 saturated heterocycles. The molecule has 0 atom stereocenters. The lowest BCUT2D eigenvalue weighted by Gasteiger charge is -2.11. The zero-order valence-corrected chi connectivity index (χ0v) is 7.61. The van der Waals surface area contributed by atoms with Gasteiger partial charge in [0.05, 0.1) is 0 Å². The van der Waals surface area contributed by atoms with Gasteiger partial charge in [-0.15, -0.1) is 13.2 Å². The minimum absolute atomic E-state index is 0.0116. The van der Waals surface area contributed by atoms with Crippen molar-refractivity contribution < 1.29 is 36.2 Å². The number of alkyl halides is 6. The van der Waals surface area contributed by atoms with Crippen molar-refractivity contribution in [3.8, 4) is 11.6 Å². The normalized spacial score (nSPS) is 12.6. The molecule has 0 aliphatic heterocycles. The molecule has 1 heterocycles. The van der Waals surface area contributed by atoms with Gasteiger partial charge in [0.2, 0.25) is 5.88 Å². The van der Waals surface area contributed by atoms with Crippen LogP contribution >= 0.6 is 0 Å². The van der Waals surface area contributed by atoms with E-state index in [1.165, 1.54) is 4.98 Å². The number of nitrogens with one attached hydrogen (secondary N) is 1. The van der Waals surface area contributed by atoms with Crippen LogP contribution in [-0.2, 0) is 6.18 Å². The third kappa shape index (κ3) is 3.29. The number of H-pyrrole nitrogens is 1. The lowest BCUT2D eigenvalue weighted by Crippen LogP contribution is -2.24. The van der Waals surface area contributed by atoms with Gasteiger partial charge in [-0.1, -0.05) is 0 Å². The van der Waals surface area contributed by atoms with E-state index in [2.05, 4.69) is 4.74 Å². The molecule has 2 N–H and O–H groups in total. The molecule has 96 valence electrons. The van der Waals surface area contributed by atoms with Crippen LogP contribution in [0.3, 0.4) is 0 Å². The van der Waals surface area contributed by atoms with Crippen molar-refractivity contribution in [2.75, 3.05) is 0 Å². The minimum Gasteiger partial charge on any atom is -0.507 e. The molecular formula is C7H3F6NO3. The Balaban J connectivity index is 3.25. The Labute approximate surface area is 88.4 Å². The van der Waals surface area contributed by atoms with E-state index in [0.717, 1.165) is 0 Å². The van der Waals surface area contributed by atoms with Gasteiger partial charge >= 0.3 is 12.5 Å². The summed E-state index contributed by atoms with van der Waals surface area (Å²) in [6, 6.07) is 0.0116. The molecule has 0 radical (unpaired) electrons. The number of aromatic nitrogens is 1. The second-order valence-electron chi connectivity index (χ2n) is 2.77. The van der Waals surface area contributed by atoms with E-state index in [-0.39, 0.29) is 6.07 Å². The van der Waals surface area contributed by atoms with E-state index in [1.807, 2.05) is 0 Å². The first-order valence-corrected chi connectivity index (χ1v) is 3.80. The predicted octanol–water partition coefficient (Wildman–Crippen LogP) is 2.00. The van der Waals surface area contributed by atoms with Gasteiger partial charge in [0.1, 0.15) is 5.75 Å². The quantitative estimate of drug-likeness (QED) is 0.762. The smallest absolute Gasteiger partial charge is 0.507 e. The van der Waals surface area contributed by atoms with E-state index in [0.29, 0.717) is 0 Å². The monoisotopic (exact) mass is 263 g/mol. The summed E-state index contributed by atoms with van der Waals surface area (Å²) in [6.45, 7) is 0. The number of aromatic amines is 1. The molecule has 0 bridgehead atoms. The molecule has 4 nitrogen and oxygen atoms in total. The fraction of sp³-hybridized carbons (Fsp3) is 0.286. The third-order valence-corrected chi connectivity index (χ3v) is 1.50. The van der Waals surface area contributed by atoms with E-state index >= 15 is 0 Å². The standard InChI is InChI=1S/C7H3F6NO3/c8-6(9,10)4-2(15)1-3(14-5(4)16)17-7(11,12)13/h1H,(H2,14,15,16). The fourth-order valence-corrected chi connectivity index (χ4v) is 0.977. The molecule has 0 unspecified atom stereocenters. The number of pyridine rings is 1. The van der Waals surface area contributed by atoms with E-state index < -0.39 is 35.3 Å². The minimum atomic E-state index is -5.20. The maximum Gasteiger partial charge on any atom is 0.574 e. The molecule has 0 aliphatic carbocycles. The van der Waals surface area contributed by atoms with Crippen LogP contribution in [0, 0.1) is 0 Å².